The average molecular weight is 324 g/mol. The molecule has 5 heteroatoms. The van der Waals surface area contributed by atoms with Crippen LogP contribution in [0.25, 0.3) is 0 Å². The van der Waals surface area contributed by atoms with Crippen LogP contribution in [0.3, 0.4) is 0 Å². The van der Waals surface area contributed by atoms with Gasteiger partial charge in [-0.2, -0.15) is 0 Å². The molecule has 0 radical (unpaired) electrons. The molecule has 1 N–H and O–H groups in total. The van der Waals surface area contributed by atoms with E-state index >= 15 is 0 Å². The van der Waals surface area contributed by atoms with E-state index in [1.165, 1.54) is 9.75 Å². The van der Waals surface area contributed by atoms with Crippen molar-refractivity contribution in [3.63, 3.8) is 0 Å². The number of thiophene rings is 1. The number of amides is 1. The Bertz CT molecular complexity index is 493. The maximum Gasteiger partial charge on any atom is 0.410 e. The summed E-state index contributed by atoms with van der Waals surface area (Å²) in [4.78, 5) is 16.7. The lowest BCUT2D eigenvalue weighted by Gasteiger charge is -2.24. The third kappa shape index (κ3) is 5.29. The van der Waals surface area contributed by atoms with Crippen LogP contribution in [-0.4, -0.2) is 36.2 Å². The molecule has 0 bridgehead atoms. The number of ether oxygens (including phenoxy) is 1. The molecule has 1 aromatic heterocycles. The zero-order chi connectivity index (χ0) is 16.2. The first-order valence-corrected chi connectivity index (χ1v) is 8.95. The summed E-state index contributed by atoms with van der Waals surface area (Å²) in [7, 11) is 0. The highest BCUT2D eigenvalue weighted by molar-refractivity contribution is 7.11. The minimum Gasteiger partial charge on any atom is -0.444 e. The van der Waals surface area contributed by atoms with Crippen LogP contribution in [0.2, 0.25) is 0 Å². The van der Waals surface area contributed by atoms with E-state index < -0.39 is 5.60 Å². The smallest absolute Gasteiger partial charge is 0.410 e. The molecule has 1 aromatic rings. The van der Waals surface area contributed by atoms with E-state index in [1.54, 1.807) is 0 Å². The molecule has 22 heavy (non-hydrogen) atoms. The highest BCUT2D eigenvalue weighted by Gasteiger charge is 2.29. The van der Waals surface area contributed by atoms with Gasteiger partial charge in [-0.1, -0.05) is 6.92 Å². The fourth-order valence-electron chi connectivity index (χ4n) is 2.60. The van der Waals surface area contributed by atoms with Gasteiger partial charge >= 0.3 is 6.09 Å². The molecular weight excluding hydrogens is 296 g/mol. The predicted molar refractivity (Wildman–Crippen MR) is 91.3 cm³/mol. The summed E-state index contributed by atoms with van der Waals surface area (Å²) in [5.74, 6) is 0.526. The van der Waals surface area contributed by atoms with Gasteiger partial charge in [-0.3, -0.25) is 0 Å². The molecule has 0 aromatic carbocycles. The van der Waals surface area contributed by atoms with E-state index in [-0.39, 0.29) is 6.09 Å². The Kier molecular flexibility index (Phi) is 5.87. The molecule has 124 valence electrons. The fraction of sp³-hybridized carbons (Fsp3) is 0.706. The van der Waals surface area contributed by atoms with Gasteiger partial charge in [-0.25, -0.2) is 4.79 Å². The van der Waals surface area contributed by atoms with Gasteiger partial charge in [-0.05, 0) is 51.7 Å². The standard InChI is InChI=1S/C17H28N2O2S/c1-5-14-6-7-15(22-14)11-18-10-13-8-9-19(12-13)16(20)21-17(2,3)4/h6-7,13,18H,5,8-12H2,1-4H3. The third-order valence-electron chi connectivity index (χ3n) is 3.74. The summed E-state index contributed by atoms with van der Waals surface area (Å²) < 4.78 is 5.43. The van der Waals surface area contributed by atoms with Crippen molar-refractivity contribution in [3.8, 4) is 0 Å². The highest BCUT2D eigenvalue weighted by atomic mass is 32.1. The normalized spacial score (nSPS) is 18.7. The fourth-order valence-corrected chi connectivity index (χ4v) is 3.53. The topological polar surface area (TPSA) is 41.6 Å². The number of aryl methyl sites for hydroxylation is 1. The first-order valence-electron chi connectivity index (χ1n) is 8.13. The van der Waals surface area contributed by atoms with Gasteiger partial charge in [0.2, 0.25) is 0 Å². The highest BCUT2D eigenvalue weighted by Crippen LogP contribution is 2.20. The number of carbonyl (C=O) groups is 1. The molecule has 2 rings (SSSR count). The average Bonchev–Trinajstić information content (AvgIpc) is 3.05. The quantitative estimate of drug-likeness (QED) is 0.899. The number of nitrogens with zero attached hydrogens (tertiary/aromatic N) is 1. The number of hydrogen-bond donors (Lipinski definition) is 1. The summed E-state index contributed by atoms with van der Waals surface area (Å²) in [6, 6.07) is 4.42. The molecule has 0 aliphatic carbocycles. The maximum atomic E-state index is 12.0. The number of rotatable bonds is 5. The zero-order valence-corrected chi connectivity index (χ0v) is 15.0. The van der Waals surface area contributed by atoms with Crippen LogP contribution in [0.5, 0.6) is 0 Å². The molecular formula is C17H28N2O2S. The van der Waals surface area contributed by atoms with Gasteiger partial charge < -0.3 is 15.0 Å². The lowest BCUT2D eigenvalue weighted by molar-refractivity contribution is 0.0288. The van der Waals surface area contributed by atoms with Crippen LogP contribution in [0, 0.1) is 5.92 Å². The minimum absolute atomic E-state index is 0.180. The molecule has 1 fully saturated rings. The number of likely N-dealkylation sites (tertiary alicyclic amines) is 1. The summed E-state index contributed by atoms with van der Waals surface area (Å²) in [5, 5.41) is 3.52. The molecule has 4 nitrogen and oxygen atoms in total. The number of nitrogens with one attached hydrogen (secondary N) is 1. The largest absolute Gasteiger partial charge is 0.444 e. The second kappa shape index (κ2) is 7.47. The lowest BCUT2D eigenvalue weighted by atomic mass is 10.1. The van der Waals surface area contributed by atoms with Crippen LogP contribution in [0.4, 0.5) is 4.79 Å². The summed E-state index contributed by atoms with van der Waals surface area (Å²) in [5.41, 5.74) is -0.413. The molecule has 1 aliphatic rings. The molecule has 1 atom stereocenters. The van der Waals surface area contributed by atoms with Crippen LogP contribution in [-0.2, 0) is 17.7 Å². The lowest BCUT2D eigenvalue weighted by Crippen LogP contribution is -2.36. The Hall–Kier alpha value is -1.07. The summed E-state index contributed by atoms with van der Waals surface area (Å²) in [6.07, 6.45) is 1.98. The van der Waals surface area contributed by atoms with Crippen molar-refractivity contribution < 1.29 is 9.53 Å². The van der Waals surface area contributed by atoms with Gasteiger partial charge in [0, 0.05) is 35.9 Å². The molecule has 2 heterocycles. The Balaban J connectivity index is 1.69. The Morgan fingerprint density at radius 3 is 2.77 bits per heavy atom. The minimum atomic E-state index is -0.413. The van der Waals surface area contributed by atoms with E-state index in [0.29, 0.717) is 5.92 Å². The molecule has 1 unspecified atom stereocenters. The van der Waals surface area contributed by atoms with Gasteiger partial charge in [0.25, 0.3) is 0 Å². The second-order valence-corrected chi connectivity index (χ2v) is 8.19. The van der Waals surface area contributed by atoms with Gasteiger partial charge in [0.15, 0.2) is 0 Å². The van der Waals surface area contributed by atoms with E-state index in [1.807, 2.05) is 37.0 Å². The maximum absolute atomic E-state index is 12.0. The first-order chi connectivity index (χ1) is 10.4. The monoisotopic (exact) mass is 324 g/mol. The van der Waals surface area contributed by atoms with Crippen LogP contribution < -0.4 is 5.32 Å². The second-order valence-electron chi connectivity index (χ2n) is 6.93. The van der Waals surface area contributed by atoms with Crippen molar-refractivity contribution in [3.05, 3.63) is 21.9 Å². The molecule has 0 saturated carbocycles. The van der Waals surface area contributed by atoms with Gasteiger partial charge in [-0.15, -0.1) is 11.3 Å². The Morgan fingerprint density at radius 2 is 2.14 bits per heavy atom. The van der Waals surface area contributed by atoms with E-state index in [2.05, 4.69) is 24.4 Å². The molecule has 1 saturated heterocycles. The Labute approximate surface area is 137 Å². The van der Waals surface area contributed by atoms with Crippen molar-refractivity contribution in [2.75, 3.05) is 19.6 Å². The zero-order valence-electron chi connectivity index (χ0n) is 14.1. The van der Waals surface area contributed by atoms with Crippen molar-refractivity contribution in [2.24, 2.45) is 5.92 Å². The van der Waals surface area contributed by atoms with Crippen molar-refractivity contribution in [1.29, 1.82) is 0 Å². The van der Waals surface area contributed by atoms with Crippen molar-refractivity contribution >= 4 is 17.4 Å². The van der Waals surface area contributed by atoms with Gasteiger partial charge in [0.05, 0.1) is 0 Å². The van der Waals surface area contributed by atoms with E-state index in [0.717, 1.165) is 39.0 Å². The summed E-state index contributed by atoms with van der Waals surface area (Å²) >= 11 is 1.88. The summed E-state index contributed by atoms with van der Waals surface area (Å²) in [6.45, 7) is 11.4. The van der Waals surface area contributed by atoms with Crippen molar-refractivity contribution in [1.82, 2.24) is 10.2 Å². The SMILES string of the molecule is CCc1ccc(CNCC2CCN(C(=O)OC(C)(C)C)C2)s1. The van der Waals surface area contributed by atoms with Crippen molar-refractivity contribution in [2.45, 2.75) is 52.7 Å². The molecule has 1 amide bonds. The van der Waals surface area contributed by atoms with Crippen LogP contribution in [0.1, 0.15) is 43.9 Å². The predicted octanol–water partition coefficient (Wildman–Crippen LogP) is 3.66. The molecule has 0 spiro atoms. The van der Waals surface area contributed by atoms with Crippen LogP contribution >= 0.6 is 11.3 Å². The number of carbonyl (C=O) groups excluding carboxylic acids is 1. The van der Waals surface area contributed by atoms with Gasteiger partial charge in [0.1, 0.15) is 5.60 Å². The third-order valence-corrected chi connectivity index (χ3v) is 4.97. The van der Waals surface area contributed by atoms with Crippen LogP contribution in [0.15, 0.2) is 12.1 Å². The Morgan fingerprint density at radius 1 is 1.41 bits per heavy atom. The van der Waals surface area contributed by atoms with E-state index in [4.69, 9.17) is 4.74 Å². The van der Waals surface area contributed by atoms with E-state index in [9.17, 15) is 4.79 Å². The first kappa shape index (κ1) is 17.3. The molecule has 1 aliphatic heterocycles. The number of hydrogen-bond acceptors (Lipinski definition) is 4.